The zero-order chi connectivity index (χ0) is 12.4. The van der Waals surface area contributed by atoms with Crippen LogP contribution in [0.4, 0.5) is 0 Å². The number of carboxylic acid groups (broad SMARTS) is 1. The summed E-state index contributed by atoms with van der Waals surface area (Å²) in [7, 11) is 1.64. The Labute approximate surface area is 110 Å². The molecule has 0 aromatic carbocycles. The lowest BCUT2D eigenvalue weighted by Crippen LogP contribution is -2.07. The average Bonchev–Trinajstić information content (AvgIpc) is 2.83. The lowest BCUT2D eigenvalue weighted by molar-refractivity contribution is 0.0702. The molecule has 0 fully saturated rings. The predicted molar refractivity (Wildman–Crippen MR) is 69.1 cm³/mol. The molecule has 0 saturated heterocycles. The molecule has 0 saturated carbocycles. The molecule has 2 aromatic rings. The minimum absolute atomic E-state index is 0.315. The molecule has 0 atom stereocenters. The fourth-order valence-electron chi connectivity index (χ4n) is 1.60. The number of methoxy groups -OCH3 is 1. The van der Waals surface area contributed by atoms with Crippen molar-refractivity contribution in [3.8, 4) is 0 Å². The van der Waals surface area contributed by atoms with Crippen molar-refractivity contribution in [3.63, 3.8) is 0 Å². The largest absolute Gasteiger partial charge is 0.477 e. The van der Waals surface area contributed by atoms with Crippen LogP contribution in [0.2, 0.25) is 0 Å². The van der Waals surface area contributed by atoms with E-state index in [4.69, 9.17) is 9.84 Å². The van der Waals surface area contributed by atoms with Crippen molar-refractivity contribution >= 4 is 43.6 Å². The van der Waals surface area contributed by atoms with Crippen molar-refractivity contribution < 1.29 is 14.6 Å². The Morgan fingerprint density at radius 1 is 1.71 bits per heavy atom. The van der Waals surface area contributed by atoms with E-state index in [1.165, 1.54) is 11.3 Å². The number of alkyl halides is 1. The van der Waals surface area contributed by atoms with Crippen LogP contribution in [0.25, 0.3) is 10.3 Å². The Bertz CT molecular complexity index is 549. The van der Waals surface area contributed by atoms with Gasteiger partial charge in [-0.25, -0.2) is 9.78 Å². The summed E-state index contributed by atoms with van der Waals surface area (Å²) in [4.78, 5) is 16.4. The quantitative estimate of drug-likeness (QED) is 0.859. The third-order valence-corrected chi connectivity index (χ3v) is 3.88. The van der Waals surface area contributed by atoms with Crippen LogP contribution in [0.3, 0.4) is 0 Å². The van der Waals surface area contributed by atoms with Gasteiger partial charge < -0.3 is 14.4 Å². The smallest absolute Gasteiger partial charge is 0.346 e. The van der Waals surface area contributed by atoms with Gasteiger partial charge in [0.2, 0.25) is 0 Å². The number of hydrogen-bond donors (Lipinski definition) is 1. The molecule has 0 aliphatic carbocycles. The summed E-state index contributed by atoms with van der Waals surface area (Å²) in [5.74, 6) is -0.0214. The number of halogens is 1. The van der Waals surface area contributed by atoms with Crippen LogP contribution in [-0.4, -0.2) is 34.3 Å². The summed E-state index contributed by atoms with van der Waals surface area (Å²) >= 11 is 4.57. The Morgan fingerprint density at radius 2 is 2.47 bits per heavy atom. The first kappa shape index (κ1) is 12.5. The van der Waals surface area contributed by atoms with Crippen molar-refractivity contribution in [2.45, 2.75) is 11.9 Å². The van der Waals surface area contributed by atoms with Crippen LogP contribution in [0, 0.1) is 0 Å². The van der Waals surface area contributed by atoms with Gasteiger partial charge in [-0.15, -0.1) is 11.3 Å². The SMILES string of the molecule is COCCn1c(CBr)nc2sc(C(=O)O)cc21. The molecular weight excluding hydrogens is 308 g/mol. The molecule has 5 nitrogen and oxygen atoms in total. The van der Waals surface area contributed by atoms with Crippen molar-refractivity contribution in [3.05, 3.63) is 16.8 Å². The van der Waals surface area contributed by atoms with Gasteiger partial charge in [-0.05, 0) is 6.07 Å². The molecule has 2 heterocycles. The van der Waals surface area contributed by atoms with Gasteiger partial charge in [-0.2, -0.15) is 0 Å². The molecule has 0 amide bonds. The number of imidazole rings is 1. The number of aromatic nitrogens is 2. The second kappa shape index (κ2) is 5.16. The highest BCUT2D eigenvalue weighted by Gasteiger charge is 2.16. The Balaban J connectivity index is 2.47. The van der Waals surface area contributed by atoms with Crippen LogP contribution in [0.15, 0.2) is 6.07 Å². The Morgan fingerprint density at radius 3 is 3.06 bits per heavy atom. The number of carboxylic acids is 1. The lowest BCUT2D eigenvalue weighted by atomic mass is 10.4. The third kappa shape index (κ3) is 2.36. The van der Waals surface area contributed by atoms with Gasteiger partial charge in [0.1, 0.15) is 15.5 Å². The Hall–Kier alpha value is -0.920. The van der Waals surface area contributed by atoms with E-state index in [1.807, 2.05) is 4.57 Å². The number of rotatable bonds is 5. The maximum absolute atomic E-state index is 10.9. The standard InChI is InChI=1S/C10H11BrN2O3S/c1-16-3-2-13-6-4-7(10(14)15)17-9(6)12-8(13)5-11/h4H,2-3,5H2,1H3,(H,14,15). The zero-order valence-electron chi connectivity index (χ0n) is 9.14. The van der Waals surface area contributed by atoms with E-state index in [-0.39, 0.29) is 0 Å². The van der Waals surface area contributed by atoms with Crippen LogP contribution in [-0.2, 0) is 16.6 Å². The van der Waals surface area contributed by atoms with Crippen molar-refractivity contribution in [2.24, 2.45) is 0 Å². The first-order valence-electron chi connectivity index (χ1n) is 4.94. The van der Waals surface area contributed by atoms with E-state index in [1.54, 1.807) is 13.2 Å². The second-order valence-electron chi connectivity index (χ2n) is 3.41. The van der Waals surface area contributed by atoms with Crippen LogP contribution >= 0.6 is 27.3 Å². The monoisotopic (exact) mass is 318 g/mol. The molecule has 2 rings (SSSR count). The van der Waals surface area contributed by atoms with E-state index in [9.17, 15) is 4.79 Å². The van der Waals surface area contributed by atoms with Gasteiger partial charge >= 0.3 is 5.97 Å². The number of thiophene rings is 1. The predicted octanol–water partition coefficient (Wildman–Crippen LogP) is 2.34. The number of ether oxygens (including phenoxy) is 1. The van der Waals surface area contributed by atoms with Gasteiger partial charge in [-0.1, -0.05) is 15.9 Å². The number of nitrogens with zero attached hydrogens (tertiary/aromatic N) is 2. The van der Waals surface area contributed by atoms with Crippen LogP contribution < -0.4 is 0 Å². The zero-order valence-corrected chi connectivity index (χ0v) is 11.5. The minimum atomic E-state index is -0.910. The molecule has 0 aliphatic rings. The van der Waals surface area contributed by atoms with Gasteiger partial charge in [0.05, 0.1) is 17.5 Å². The number of fused-ring (bicyclic) bond motifs is 1. The molecule has 1 N–H and O–H groups in total. The lowest BCUT2D eigenvalue weighted by Gasteiger charge is -2.05. The van der Waals surface area contributed by atoms with E-state index in [2.05, 4.69) is 20.9 Å². The van der Waals surface area contributed by atoms with Gasteiger partial charge in [0, 0.05) is 13.7 Å². The van der Waals surface area contributed by atoms with E-state index in [0.29, 0.717) is 23.4 Å². The molecule has 0 unspecified atom stereocenters. The summed E-state index contributed by atoms with van der Waals surface area (Å²) in [6.07, 6.45) is 0. The minimum Gasteiger partial charge on any atom is -0.477 e. The van der Waals surface area contributed by atoms with E-state index < -0.39 is 5.97 Å². The molecule has 0 spiro atoms. The highest BCUT2D eigenvalue weighted by Crippen LogP contribution is 2.27. The molecule has 0 aliphatic heterocycles. The van der Waals surface area contributed by atoms with Crippen molar-refractivity contribution in [1.82, 2.24) is 9.55 Å². The van der Waals surface area contributed by atoms with Gasteiger partial charge in [0.15, 0.2) is 0 Å². The second-order valence-corrected chi connectivity index (χ2v) is 5.00. The summed E-state index contributed by atoms with van der Waals surface area (Å²) in [5.41, 5.74) is 0.860. The normalized spacial score (nSPS) is 11.2. The van der Waals surface area contributed by atoms with Crippen LogP contribution in [0.1, 0.15) is 15.5 Å². The number of hydrogen-bond acceptors (Lipinski definition) is 4. The fourth-order valence-corrected chi connectivity index (χ4v) is 2.92. The maximum atomic E-state index is 10.9. The first-order valence-corrected chi connectivity index (χ1v) is 6.88. The third-order valence-electron chi connectivity index (χ3n) is 2.38. The highest BCUT2D eigenvalue weighted by atomic mass is 79.9. The summed E-state index contributed by atoms with van der Waals surface area (Å²) in [6, 6.07) is 1.66. The van der Waals surface area contributed by atoms with Crippen molar-refractivity contribution in [2.75, 3.05) is 13.7 Å². The molecule has 7 heteroatoms. The molecule has 17 heavy (non-hydrogen) atoms. The summed E-state index contributed by atoms with van der Waals surface area (Å²) < 4.78 is 7.02. The number of carbonyl (C=O) groups is 1. The van der Waals surface area contributed by atoms with Gasteiger partial charge in [0.25, 0.3) is 0 Å². The molecule has 2 aromatic heterocycles. The first-order chi connectivity index (χ1) is 8.17. The molecule has 92 valence electrons. The molecule has 0 bridgehead atoms. The molecule has 0 radical (unpaired) electrons. The highest BCUT2D eigenvalue weighted by molar-refractivity contribution is 9.08. The average molecular weight is 319 g/mol. The van der Waals surface area contributed by atoms with E-state index >= 15 is 0 Å². The molecular formula is C10H11BrN2O3S. The van der Waals surface area contributed by atoms with Crippen LogP contribution in [0.5, 0.6) is 0 Å². The van der Waals surface area contributed by atoms with Gasteiger partial charge in [-0.3, -0.25) is 0 Å². The Kier molecular flexibility index (Phi) is 3.80. The summed E-state index contributed by atoms with van der Waals surface area (Å²) in [6.45, 7) is 1.24. The topological polar surface area (TPSA) is 64.4 Å². The fraction of sp³-hybridized carbons (Fsp3) is 0.400. The van der Waals surface area contributed by atoms with E-state index in [0.717, 1.165) is 16.2 Å². The summed E-state index contributed by atoms with van der Waals surface area (Å²) in [5, 5.41) is 9.58. The number of aromatic carboxylic acids is 1. The maximum Gasteiger partial charge on any atom is 0.346 e. The van der Waals surface area contributed by atoms with Crippen molar-refractivity contribution in [1.29, 1.82) is 0 Å².